The fraction of sp³-hybridized carbons (Fsp3) is 0.294. The molecule has 0 bridgehead atoms. The number of nitrogens with zero attached hydrogens (tertiary/aromatic N) is 4. The van der Waals surface area contributed by atoms with E-state index in [1.807, 2.05) is 18.2 Å². The molecule has 3 rings (SSSR count). The Bertz CT molecular complexity index is 1030. The van der Waals surface area contributed by atoms with Gasteiger partial charge in [-0.3, -0.25) is 0 Å². The summed E-state index contributed by atoms with van der Waals surface area (Å²) in [7, 11) is -3.69. The summed E-state index contributed by atoms with van der Waals surface area (Å²) in [6, 6.07) is 7.25. The van der Waals surface area contributed by atoms with Gasteiger partial charge in [-0.2, -0.15) is 0 Å². The summed E-state index contributed by atoms with van der Waals surface area (Å²) in [6.07, 6.45) is 1.68. The molecule has 0 aromatic carbocycles. The third-order valence-electron chi connectivity index (χ3n) is 3.72. The maximum absolute atomic E-state index is 12.4. The molecule has 3 aromatic rings. The minimum absolute atomic E-state index is 0.0761. The number of aromatic nitrogens is 4. The zero-order chi connectivity index (χ0) is 20.1. The van der Waals surface area contributed by atoms with Gasteiger partial charge in [-0.15, -0.1) is 0 Å². The van der Waals surface area contributed by atoms with Gasteiger partial charge in [-0.1, -0.05) is 11.2 Å². The molecule has 0 aliphatic carbocycles. The third-order valence-corrected chi connectivity index (χ3v) is 5.42. The Labute approximate surface area is 162 Å². The number of nitrogens with one attached hydrogen (secondary N) is 3. The van der Waals surface area contributed by atoms with Gasteiger partial charge in [0.25, 0.3) is 0 Å². The molecule has 0 fully saturated rings. The zero-order valence-electron chi connectivity index (χ0n) is 15.7. The van der Waals surface area contributed by atoms with Crippen molar-refractivity contribution in [3.8, 4) is 0 Å². The van der Waals surface area contributed by atoms with Gasteiger partial charge in [-0.05, 0) is 32.9 Å². The van der Waals surface area contributed by atoms with E-state index in [0.29, 0.717) is 35.5 Å². The predicted molar refractivity (Wildman–Crippen MR) is 104 cm³/mol. The number of aryl methyl sites for hydroxylation is 3. The molecule has 0 aliphatic heterocycles. The summed E-state index contributed by atoms with van der Waals surface area (Å²) in [5.41, 5.74) is 0.328. The quantitative estimate of drug-likeness (QED) is 0.482. The zero-order valence-corrected chi connectivity index (χ0v) is 16.5. The second kappa shape index (κ2) is 8.31. The maximum atomic E-state index is 12.4. The van der Waals surface area contributed by atoms with Crippen LogP contribution in [0.3, 0.4) is 0 Å². The molecule has 0 saturated carbocycles. The number of hydrogen-bond donors (Lipinski definition) is 3. The number of pyridine rings is 1. The van der Waals surface area contributed by atoms with Crippen LogP contribution in [0.2, 0.25) is 0 Å². The van der Waals surface area contributed by atoms with Gasteiger partial charge >= 0.3 is 0 Å². The van der Waals surface area contributed by atoms with E-state index in [-0.39, 0.29) is 17.2 Å². The van der Waals surface area contributed by atoms with Crippen LogP contribution in [-0.4, -0.2) is 41.6 Å². The van der Waals surface area contributed by atoms with E-state index in [9.17, 15) is 8.42 Å². The molecule has 0 aliphatic rings. The Morgan fingerprint density at radius 3 is 2.50 bits per heavy atom. The highest BCUT2D eigenvalue weighted by molar-refractivity contribution is 7.89. The monoisotopic (exact) mass is 403 g/mol. The highest BCUT2D eigenvalue weighted by Crippen LogP contribution is 2.18. The summed E-state index contributed by atoms with van der Waals surface area (Å²) in [4.78, 5) is 12.9. The van der Waals surface area contributed by atoms with Crippen molar-refractivity contribution in [2.45, 2.75) is 25.7 Å². The molecule has 3 N–H and O–H groups in total. The number of rotatable bonds is 8. The van der Waals surface area contributed by atoms with Crippen LogP contribution >= 0.6 is 0 Å². The second-order valence-electron chi connectivity index (χ2n) is 6.00. The van der Waals surface area contributed by atoms with Gasteiger partial charge < -0.3 is 15.2 Å². The lowest BCUT2D eigenvalue weighted by Crippen LogP contribution is -2.29. The Hall–Kier alpha value is -3.05. The van der Waals surface area contributed by atoms with E-state index in [1.54, 1.807) is 33.0 Å². The number of sulfonamides is 1. The average Bonchev–Trinajstić information content (AvgIpc) is 2.98. The summed E-state index contributed by atoms with van der Waals surface area (Å²) in [5.74, 6) is 2.65. The minimum atomic E-state index is -3.69. The Balaban J connectivity index is 1.59. The number of anilines is 3. The molecule has 0 amide bonds. The molecule has 0 spiro atoms. The van der Waals surface area contributed by atoms with Crippen molar-refractivity contribution >= 4 is 27.5 Å². The first-order valence-corrected chi connectivity index (χ1v) is 10.0. The third kappa shape index (κ3) is 4.81. The Morgan fingerprint density at radius 2 is 1.82 bits per heavy atom. The Kier molecular flexibility index (Phi) is 5.85. The van der Waals surface area contributed by atoms with Crippen molar-refractivity contribution in [2.75, 3.05) is 23.7 Å². The van der Waals surface area contributed by atoms with E-state index >= 15 is 0 Å². The molecule has 28 heavy (non-hydrogen) atoms. The van der Waals surface area contributed by atoms with E-state index in [0.717, 1.165) is 0 Å². The van der Waals surface area contributed by atoms with Crippen molar-refractivity contribution in [3.05, 3.63) is 47.7 Å². The molecule has 0 atom stereocenters. The molecule has 0 radical (unpaired) electrons. The molecule has 0 unspecified atom stereocenters. The highest BCUT2D eigenvalue weighted by atomic mass is 32.2. The molecule has 3 aromatic heterocycles. The van der Waals surface area contributed by atoms with Crippen LogP contribution in [0.25, 0.3) is 0 Å². The van der Waals surface area contributed by atoms with Gasteiger partial charge in [0, 0.05) is 25.4 Å². The molecular formula is C17H21N7O3S. The van der Waals surface area contributed by atoms with Crippen molar-refractivity contribution in [1.29, 1.82) is 0 Å². The fourth-order valence-electron chi connectivity index (χ4n) is 2.60. The smallest absolute Gasteiger partial charge is 0.246 e. The summed E-state index contributed by atoms with van der Waals surface area (Å²) in [6.45, 7) is 5.42. The lowest BCUT2D eigenvalue weighted by Gasteiger charge is -2.10. The first kappa shape index (κ1) is 19.7. The molecular weight excluding hydrogens is 382 g/mol. The first-order valence-electron chi connectivity index (χ1n) is 8.55. The van der Waals surface area contributed by atoms with Crippen LogP contribution in [0, 0.1) is 20.8 Å². The molecule has 11 heteroatoms. The lowest BCUT2D eigenvalue weighted by molar-refractivity contribution is 0.390. The van der Waals surface area contributed by atoms with Crippen molar-refractivity contribution in [3.63, 3.8) is 0 Å². The fourth-order valence-corrected chi connectivity index (χ4v) is 3.95. The van der Waals surface area contributed by atoms with Crippen LogP contribution in [0.4, 0.5) is 17.5 Å². The van der Waals surface area contributed by atoms with E-state index < -0.39 is 10.0 Å². The van der Waals surface area contributed by atoms with Gasteiger partial charge in [0.05, 0.1) is 0 Å². The molecule has 0 saturated heterocycles. The lowest BCUT2D eigenvalue weighted by atomic mass is 10.4. The van der Waals surface area contributed by atoms with Gasteiger partial charge in [0.1, 0.15) is 33.9 Å². The van der Waals surface area contributed by atoms with E-state index in [1.165, 1.54) is 0 Å². The van der Waals surface area contributed by atoms with Crippen LogP contribution in [0.5, 0.6) is 0 Å². The maximum Gasteiger partial charge on any atom is 0.246 e. The molecule has 3 heterocycles. The summed E-state index contributed by atoms with van der Waals surface area (Å²) >= 11 is 0. The molecule has 10 nitrogen and oxygen atoms in total. The van der Waals surface area contributed by atoms with Crippen LogP contribution < -0.4 is 15.4 Å². The van der Waals surface area contributed by atoms with E-state index in [2.05, 4.69) is 35.5 Å². The van der Waals surface area contributed by atoms with Crippen molar-refractivity contribution in [2.24, 2.45) is 0 Å². The minimum Gasteiger partial charge on any atom is -0.369 e. The summed E-state index contributed by atoms with van der Waals surface area (Å²) in [5, 5.41) is 9.85. The van der Waals surface area contributed by atoms with E-state index in [4.69, 9.17) is 4.52 Å². The SMILES string of the molecule is Cc1nc(NCCNS(=O)(=O)c2c(C)noc2C)cc(Nc2ccccn2)n1. The highest BCUT2D eigenvalue weighted by Gasteiger charge is 2.23. The van der Waals surface area contributed by atoms with Crippen LogP contribution in [0.15, 0.2) is 39.9 Å². The van der Waals surface area contributed by atoms with Crippen molar-refractivity contribution < 1.29 is 12.9 Å². The number of hydrogen-bond acceptors (Lipinski definition) is 9. The normalized spacial score (nSPS) is 11.4. The van der Waals surface area contributed by atoms with Crippen LogP contribution in [0.1, 0.15) is 17.3 Å². The van der Waals surface area contributed by atoms with Crippen LogP contribution in [-0.2, 0) is 10.0 Å². The Morgan fingerprint density at radius 1 is 1.04 bits per heavy atom. The van der Waals surface area contributed by atoms with Crippen molar-refractivity contribution in [1.82, 2.24) is 24.8 Å². The summed E-state index contributed by atoms with van der Waals surface area (Å²) < 4.78 is 32.2. The van der Waals surface area contributed by atoms with Gasteiger partial charge in [-0.25, -0.2) is 28.1 Å². The molecule has 148 valence electrons. The average molecular weight is 403 g/mol. The van der Waals surface area contributed by atoms with Gasteiger partial charge in [0.2, 0.25) is 10.0 Å². The second-order valence-corrected chi connectivity index (χ2v) is 7.71. The topological polar surface area (TPSA) is 135 Å². The first-order chi connectivity index (χ1) is 13.3. The standard InChI is InChI=1S/C17H21N7O3S/c1-11-17(12(2)27-24-11)28(25,26)20-9-8-19-15-10-16(22-13(3)21-15)23-14-6-4-5-7-18-14/h4-7,10,20H,8-9H2,1-3H3,(H2,18,19,21,22,23). The van der Waals surface area contributed by atoms with Gasteiger partial charge in [0.15, 0.2) is 5.76 Å². The largest absolute Gasteiger partial charge is 0.369 e. The predicted octanol–water partition coefficient (Wildman–Crippen LogP) is 1.92.